The van der Waals surface area contributed by atoms with Crippen molar-refractivity contribution in [1.29, 1.82) is 0 Å². The van der Waals surface area contributed by atoms with Gasteiger partial charge in [-0.2, -0.15) is 0 Å². The molecule has 0 aliphatic carbocycles. The highest BCUT2D eigenvalue weighted by Gasteiger charge is 2.23. The van der Waals surface area contributed by atoms with Gasteiger partial charge in [-0.25, -0.2) is 0 Å². The van der Waals surface area contributed by atoms with Crippen molar-refractivity contribution in [2.75, 3.05) is 25.0 Å². The van der Waals surface area contributed by atoms with Crippen LogP contribution in [0.5, 0.6) is 0 Å². The third-order valence-corrected chi connectivity index (χ3v) is 3.98. The van der Waals surface area contributed by atoms with Gasteiger partial charge >= 0.3 is 5.69 Å². The molecule has 1 N–H and O–H groups in total. The van der Waals surface area contributed by atoms with E-state index < -0.39 is 4.92 Å². The molecule has 19 heavy (non-hydrogen) atoms. The molecule has 0 saturated carbocycles. The summed E-state index contributed by atoms with van der Waals surface area (Å²) in [5, 5.41) is 14.3. The van der Waals surface area contributed by atoms with Gasteiger partial charge in [0, 0.05) is 18.8 Å². The first-order valence-electron chi connectivity index (χ1n) is 6.38. The van der Waals surface area contributed by atoms with E-state index in [1.54, 1.807) is 6.20 Å². The first-order valence-corrected chi connectivity index (χ1v) is 7.18. The molecule has 6 nitrogen and oxygen atoms in total. The Morgan fingerprint density at radius 1 is 1.63 bits per heavy atom. The van der Waals surface area contributed by atoms with Crippen LogP contribution < -0.4 is 5.32 Å². The highest BCUT2D eigenvalue weighted by Crippen LogP contribution is 2.32. The maximum atomic E-state index is 11.0. The zero-order valence-corrected chi connectivity index (χ0v) is 12.4. The summed E-state index contributed by atoms with van der Waals surface area (Å²) < 4.78 is 0.635. The van der Waals surface area contributed by atoms with Gasteiger partial charge in [-0.05, 0) is 41.9 Å². The Morgan fingerprint density at radius 3 is 3.11 bits per heavy atom. The second-order valence-electron chi connectivity index (χ2n) is 4.65. The largest absolute Gasteiger partial charge is 0.374 e. The lowest BCUT2D eigenvalue weighted by Gasteiger charge is -2.32. The Balaban J connectivity index is 2.16. The summed E-state index contributed by atoms with van der Waals surface area (Å²) in [6.45, 7) is 5.17. The van der Waals surface area contributed by atoms with Crippen molar-refractivity contribution in [3.63, 3.8) is 0 Å². The lowest BCUT2D eigenvalue weighted by Crippen LogP contribution is -2.42. The summed E-state index contributed by atoms with van der Waals surface area (Å²) in [6, 6.07) is 0.242. The van der Waals surface area contributed by atoms with Gasteiger partial charge in [0.1, 0.15) is 11.9 Å². The predicted molar refractivity (Wildman–Crippen MR) is 77.4 cm³/mol. The van der Waals surface area contributed by atoms with Crippen LogP contribution in [0, 0.1) is 10.1 Å². The average molecular weight is 329 g/mol. The monoisotopic (exact) mass is 328 g/mol. The number of nitrogens with zero attached hydrogens (tertiary/aromatic N) is 3. The summed E-state index contributed by atoms with van der Waals surface area (Å²) in [5.41, 5.74) is 0.547. The van der Waals surface area contributed by atoms with Gasteiger partial charge in [0.15, 0.2) is 0 Å². The summed E-state index contributed by atoms with van der Waals surface area (Å²) in [5.74, 6) is 0. The van der Waals surface area contributed by atoms with E-state index in [1.807, 2.05) is 0 Å². The van der Waals surface area contributed by atoms with Crippen molar-refractivity contribution in [1.82, 2.24) is 9.88 Å². The van der Waals surface area contributed by atoms with Crippen LogP contribution >= 0.6 is 15.9 Å². The first-order chi connectivity index (χ1) is 9.11. The summed E-state index contributed by atoms with van der Waals surface area (Å²) in [6.07, 6.45) is 5.01. The molecule has 0 spiro atoms. The Hall–Kier alpha value is -1.21. The normalized spacial score (nSPS) is 20.2. The number of hydrogen-bond acceptors (Lipinski definition) is 5. The summed E-state index contributed by atoms with van der Waals surface area (Å²) >= 11 is 3.33. The Kier molecular flexibility index (Phi) is 4.71. The average Bonchev–Trinajstić information content (AvgIpc) is 2.41. The van der Waals surface area contributed by atoms with Crippen molar-refractivity contribution >= 4 is 27.3 Å². The maximum Gasteiger partial charge on any atom is 0.311 e. The van der Waals surface area contributed by atoms with Gasteiger partial charge in [0.05, 0.1) is 9.40 Å². The lowest BCUT2D eigenvalue weighted by atomic mass is 10.1. The third kappa shape index (κ3) is 3.42. The van der Waals surface area contributed by atoms with Gasteiger partial charge < -0.3 is 10.2 Å². The number of piperidine rings is 1. The second kappa shape index (κ2) is 6.29. The van der Waals surface area contributed by atoms with E-state index in [0.29, 0.717) is 10.2 Å². The van der Waals surface area contributed by atoms with E-state index in [-0.39, 0.29) is 11.7 Å². The number of nitrogens with one attached hydrogen (secondary N) is 1. The van der Waals surface area contributed by atoms with Crippen molar-refractivity contribution < 1.29 is 4.92 Å². The smallest absolute Gasteiger partial charge is 0.311 e. The molecule has 1 saturated heterocycles. The quantitative estimate of drug-likeness (QED) is 0.679. The van der Waals surface area contributed by atoms with Crippen molar-refractivity contribution in [2.24, 2.45) is 0 Å². The van der Waals surface area contributed by atoms with Crippen LogP contribution in [-0.4, -0.2) is 40.5 Å². The van der Waals surface area contributed by atoms with Crippen molar-refractivity contribution in [2.45, 2.75) is 25.8 Å². The molecule has 2 rings (SSSR count). The SMILES string of the molecule is CCN1CCCC(Nc2c(Br)cncc2[N+](=O)[O-])C1. The Labute approximate surface area is 120 Å². The summed E-state index contributed by atoms with van der Waals surface area (Å²) in [4.78, 5) is 16.8. The van der Waals surface area contributed by atoms with Gasteiger partial charge in [-0.15, -0.1) is 0 Å². The highest BCUT2D eigenvalue weighted by atomic mass is 79.9. The molecule has 1 aromatic heterocycles. The molecule has 7 heteroatoms. The Morgan fingerprint density at radius 2 is 2.42 bits per heavy atom. The molecule has 1 atom stereocenters. The zero-order valence-electron chi connectivity index (χ0n) is 10.8. The van der Waals surface area contributed by atoms with E-state index in [0.717, 1.165) is 32.5 Å². The summed E-state index contributed by atoms with van der Waals surface area (Å²) in [7, 11) is 0. The van der Waals surface area contributed by atoms with Gasteiger partial charge in [-0.3, -0.25) is 15.1 Å². The fourth-order valence-corrected chi connectivity index (χ4v) is 2.81. The molecule has 0 aromatic carbocycles. The molecular weight excluding hydrogens is 312 g/mol. The number of rotatable bonds is 4. The van der Waals surface area contributed by atoms with Crippen LogP contribution in [-0.2, 0) is 0 Å². The molecule has 0 radical (unpaired) electrons. The fraction of sp³-hybridized carbons (Fsp3) is 0.583. The first kappa shape index (κ1) is 14.2. The van der Waals surface area contributed by atoms with Crippen LogP contribution in [0.1, 0.15) is 19.8 Å². The molecule has 1 unspecified atom stereocenters. The van der Waals surface area contributed by atoms with Crippen molar-refractivity contribution in [3.8, 4) is 0 Å². The molecule has 0 amide bonds. The topological polar surface area (TPSA) is 71.3 Å². The fourth-order valence-electron chi connectivity index (χ4n) is 2.37. The van der Waals surface area contributed by atoms with Crippen LogP contribution in [0.15, 0.2) is 16.9 Å². The number of pyridine rings is 1. The molecule has 1 aromatic rings. The van der Waals surface area contributed by atoms with Crippen LogP contribution in [0.25, 0.3) is 0 Å². The molecular formula is C12H17BrN4O2. The minimum absolute atomic E-state index is 0.0167. The van der Waals surface area contributed by atoms with Gasteiger partial charge in [0.25, 0.3) is 0 Å². The van der Waals surface area contributed by atoms with E-state index in [2.05, 4.69) is 38.1 Å². The van der Waals surface area contributed by atoms with E-state index in [4.69, 9.17) is 0 Å². The van der Waals surface area contributed by atoms with E-state index in [1.165, 1.54) is 6.20 Å². The standard InChI is InChI=1S/C12H17BrN4O2/c1-2-16-5-3-4-9(8-16)15-12-10(13)6-14-7-11(12)17(18)19/h6-7,9H,2-5,8H2,1H3,(H,14,15). The molecule has 1 aliphatic heterocycles. The molecule has 1 fully saturated rings. The molecule has 1 aliphatic rings. The molecule has 2 heterocycles. The lowest BCUT2D eigenvalue weighted by molar-refractivity contribution is -0.384. The number of likely N-dealkylation sites (tertiary alicyclic amines) is 1. The van der Waals surface area contributed by atoms with Crippen LogP contribution in [0.3, 0.4) is 0 Å². The number of likely N-dealkylation sites (N-methyl/N-ethyl adjacent to an activating group) is 1. The number of aromatic nitrogens is 1. The maximum absolute atomic E-state index is 11.0. The minimum Gasteiger partial charge on any atom is -0.374 e. The van der Waals surface area contributed by atoms with E-state index >= 15 is 0 Å². The van der Waals surface area contributed by atoms with E-state index in [9.17, 15) is 10.1 Å². The third-order valence-electron chi connectivity index (χ3n) is 3.38. The number of anilines is 1. The molecule has 104 valence electrons. The highest BCUT2D eigenvalue weighted by molar-refractivity contribution is 9.10. The van der Waals surface area contributed by atoms with Gasteiger partial charge in [-0.1, -0.05) is 6.92 Å². The zero-order chi connectivity index (χ0) is 13.8. The van der Waals surface area contributed by atoms with Crippen LogP contribution in [0.2, 0.25) is 0 Å². The predicted octanol–water partition coefficient (Wildman–Crippen LogP) is 2.65. The number of nitro groups is 1. The minimum atomic E-state index is -0.402. The number of halogens is 1. The van der Waals surface area contributed by atoms with Gasteiger partial charge in [0.2, 0.25) is 0 Å². The molecule has 0 bridgehead atoms. The Bertz CT molecular complexity index is 469. The second-order valence-corrected chi connectivity index (χ2v) is 5.50. The van der Waals surface area contributed by atoms with Crippen LogP contribution in [0.4, 0.5) is 11.4 Å². The number of hydrogen-bond donors (Lipinski definition) is 1. The van der Waals surface area contributed by atoms with Crippen molar-refractivity contribution in [3.05, 3.63) is 27.0 Å².